The van der Waals surface area contributed by atoms with E-state index in [1.807, 2.05) is 3.26 Å². The van der Waals surface area contributed by atoms with Crippen molar-refractivity contribution in [3.05, 3.63) is 191 Å². The summed E-state index contributed by atoms with van der Waals surface area (Å²) in [6, 6.07) is 60.4. The minimum absolute atomic E-state index is 0.349. The van der Waals surface area contributed by atoms with E-state index in [2.05, 4.69) is 179 Å². The molecule has 260 valence electrons. The Morgan fingerprint density at radius 2 is 0.815 bits per heavy atom. The quantitative estimate of drug-likeness (QED) is 0.122. The molecule has 0 amide bonds. The zero-order chi connectivity index (χ0) is 36.0. The molecule has 0 N–H and O–H groups in total. The van der Waals surface area contributed by atoms with Gasteiger partial charge < -0.3 is 0 Å². The van der Waals surface area contributed by atoms with Crippen molar-refractivity contribution >= 4 is 69.6 Å². The predicted molar refractivity (Wildman–Crippen MR) is 232 cm³/mol. The van der Waals surface area contributed by atoms with E-state index in [-0.39, 0.29) is 0 Å². The van der Waals surface area contributed by atoms with Gasteiger partial charge in [-0.15, -0.1) is 0 Å². The molecule has 3 aliphatic carbocycles. The third-order valence-corrected chi connectivity index (χ3v) is 41.2. The summed E-state index contributed by atoms with van der Waals surface area (Å²) < 4.78 is 8.45. The third kappa shape index (κ3) is 4.55. The zero-order valence-corrected chi connectivity index (χ0v) is 34.7. The van der Waals surface area contributed by atoms with Crippen LogP contribution in [0.2, 0.25) is 9.36 Å². The van der Waals surface area contributed by atoms with E-state index in [1.54, 1.807) is 22.3 Å². The molecule has 0 aromatic heterocycles. The van der Waals surface area contributed by atoms with Crippen molar-refractivity contribution in [2.75, 3.05) is 0 Å². The number of hydrogen-bond donors (Lipinski definition) is 0. The summed E-state index contributed by atoms with van der Waals surface area (Å²) in [6.45, 7) is 0. The van der Waals surface area contributed by atoms with E-state index in [1.165, 1.54) is 91.0 Å². The van der Waals surface area contributed by atoms with Crippen LogP contribution in [-0.2, 0) is 18.0 Å². The molecule has 1 saturated carbocycles. The molecule has 0 nitrogen and oxygen atoms in total. The van der Waals surface area contributed by atoms with Crippen LogP contribution in [0, 0.1) is 0 Å². The maximum atomic E-state index is 2.91. The molecule has 2 atom stereocenters. The number of rotatable bonds is 4. The Balaban J connectivity index is 1.25. The normalized spacial score (nSPS) is 18.4. The van der Waals surface area contributed by atoms with Crippen LogP contribution < -0.4 is 0 Å². The molecule has 3 aliphatic rings. The van der Waals surface area contributed by atoms with Crippen LogP contribution in [0.15, 0.2) is 158 Å². The van der Waals surface area contributed by atoms with Gasteiger partial charge in [-0.25, -0.2) is 0 Å². The van der Waals surface area contributed by atoms with Crippen molar-refractivity contribution in [2.24, 2.45) is 0 Å². The van der Waals surface area contributed by atoms with Crippen molar-refractivity contribution in [1.82, 2.24) is 0 Å². The molecule has 54 heavy (non-hydrogen) atoms. The monoisotopic (exact) mass is 860 g/mol. The summed E-state index contributed by atoms with van der Waals surface area (Å²) in [5, 5.41) is 10.8. The average Bonchev–Trinajstić information content (AvgIpc) is 4.00. The molecule has 8 aromatic rings. The summed E-state index contributed by atoms with van der Waals surface area (Å²) in [5.74, 6) is 0. The molecule has 0 saturated heterocycles. The Hall–Kier alpha value is -4.98. The van der Waals surface area contributed by atoms with E-state index in [0.29, 0.717) is 7.35 Å². The second kappa shape index (κ2) is 12.0. The van der Waals surface area contributed by atoms with Crippen LogP contribution in [0.5, 0.6) is 0 Å². The Kier molecular flexibility index (Phi) is 7.22. The Bertz CT molecular complexity index is 2820. The second-order valence-electron chi connectivity index (χ2n) is 17.1. The summed E-state index contributed by atoms with van der Waals surface area (Å²) in [6.07, 6.45) is 10.4. The Morgan fingerprint density at radius 3 is 1.31 bits per heavy atom. The second-order valence-corrected chi connectivity index (χ2v) is 42.6. The molecule has 0 bridgehead atoms. The Morgan fingerprint density at radius 1 is 0.407 bits per heavy atom. The number of benzene rings is 8. The fourth-order valence-corrected chi connectivity index (χ4v) is 40.2. The van der Waals surface area contributed by atoms with Gasteiger partial charge in [0.1, 0.15) is 0 Å². The van der Waals surface area contributed by atoms with Gasteiger partial charge in [0.2, 0.25) is 0 Å². The molecule has 8 aromatic carbocycles. The first-order valence-electron chi connectivity index (χ1n) is 20.0. The average molecular weight is 859 g/mol. The van der Waals surface area contributed by atoms with Gasteiger partial charge in [0.25, 0.3) is 0 Å². The molecule has 0 radical (unpaired) electrons. The fourth-order valence-electron chi connectivity index (χ4n) is 11.8. The van der Waals surface area contributed by atoms with E-state index in [0.717, 1.165) is 0 Å². The van der Waals surface area contributed by atoms with Crippen molar-refractivity contribution < 1.29 is 18.0 Å². The number of allylic oxidation sites excluding steroid dienone is 2. The first-order chi connectivity index (χ1) is 26.5. The van der Waals surface area contributed by atoms with E-state index >= 15 is 0 Å². The van der Waals surface area contributed by atoms with Crippen molar-refractivity contribution in [3.63, 3.8) is 0 Å². The summed E-state index contributed by atoms with van der Waals surface area (Å²) >= 11 is -4.57. The molecule has 0 heterocycles. The van der Waals surface area contributed by atoms with Crippen molar-refractivity contribution in [3.8, 4) is 0 Å². The van der Waals surface area contributed by atoms with Crippen LogP contribution in [0.1, 0.15) is 66.4 Å². The fraction of sp³-hybridized carbons (Fsp3) is 0.151. The SMILES string of the molecule is [CH3][Hf]([CH3])(=[C]1CCCC1)([CH]1C(c2cccc3ccc4ccccc4c23)=Cc2ccccc21)[CH]1C(c2cccc3ccc4ccccc4c23)=Cc2ccccc21. The third-order valence-electron chi connectivity index (χ3n) is 14.1. The molecular weight excluding hydrogens is 815 g/mol. The van der Waals surface area contributed by atoms with Gasteiger partial charge in [-0.05, 0) is 0 Å². The summed E-state index contributed by atoms with van der Waals surface area (Å²) in [4.78, 5) is 0. The van der Waals surface area contributed by atoms with Gasteiger partial charge in [0.05, 0.1) is 0 Å². The van der Waals surface area contributed by atoms with Gasteiger partial charge in [-0.3, -0.25) is 0 Å². The summed E-state index contributed by atoms with van der Waals surface area (Å²) in [7, 11) is 0. The van der Waals surface area contributed by atoms with Crippen LogP contribution in [0.25, 0.3) is 66.4 Å². The maximum absolute atomic E-state index is 4.57. The van der Waals surface area contributed by atoms with E-state index < -0.39 is 18.0 Å². The molecule has 11 rings (SSSR count). The van der Waals surface area contributed by atoms with Gasteiger partial charge in [-0.1, -0.05) is 0 Å². The van der Waals surface area contributed by atoms with Crippen LogP contribution >= 0.6 is 0 Å². The topological polar surface area (TPSA) is 0 Å². The van der Waals surface area contributed by atoms with Crippen molar-refractivity contribution in [1.29, 1.82) is 0 Å². The molecule has 0 spiro atoms. The molecule has 1 heteroatoms. The Labute approximate surface area is 319 Å². The molecule has 1 fully saturated rings. The van der Waals surface area contributed by atoms with Crippen molar-refractivity contribution in [2.45, 2.75) is 42.4 Å². The van der Waals surface area contributed by atoms with Gasteiger partial charge in [-0.2, -0.15) is 0 Å². The zero-order valence-electron chi connectivity index (χ0n) is 31.1. The predicted octanol–water partition coefficient (Wildman–Crippen LogP) is 14.7. The van der Waals surface area contributed by atoms with Gasteiger partial charge in [0, 0.05) is 0 Å². The summed E-state index contributed by atoms with van der Waals surface area (Å²) in [5.41, 5.74) is 11.9. The van der Waals surface area contributed by atoms with E-state index in [4.69, 9.17) is 0 Å². The van der Waals surface area contributed by atoms with Crippen LogP contribution in [0.4, 0.5) is 0 Å². The van der Waals surface area contributed by atoms with Gasteiger partial charge >= 0.3 is 321 Å². The minimum atomic E-state index is -4.57. The first-order valence-corrected chi connectivity index (χ1v) is 33.1. The molecule has 2 unspecified atom stereocenters. The standard InChI is InChI=1S/2C23H15.C5H8.2CH3.Hf/c2*1-2-8-19-15-20(14-18(19)7-1)22-11-5-9-17-13-12-16-6-3-4-10-21(16)23(17)22;1-2-4-5-3-1;;;/h2*1-15H;1-4H2;2*1H3;. The first kappa shape index (κ1) is 32.5. The van der Waals surface area contributed by atoms with Crippen LogP contribution in [0.3, 0.4) is 0 Å². The number of fused-ring (bicyclic) bond motifs is 8. The van der Waals surface area contributed by atoms with E-state index in [9.17, 15) is 0 Å². The van der Waals surface area contributed by atoms with Crippen LogP contribution in [-0.4, -0.2) is 3.26 Å². The molecular formula is C53H44Hf. The van der Waals surface area contributed by atoms with Gasteiger partial charge in [0.15, 0.2) is 0 Å². The molecule has 0 aliphatic heterocycles. The number of hydrogen-bond acceptors (Lipinski definition) is 0.